The lowest BCUT2D eigenvalue weighted by molar-refractivity contribution is -0.138. The molecular weight excluding hydrogens is 738 g/mol. The lowest BCUT2D eigenvalue weighted by Gasteiger charge is -2.27. The molecule has 0 amide bonds. The molecule has 0 aliphatic carbocycles. The van der Waals surface area contributed by atoms with E-state index in [0.29, 0.717) is 18.7 Å². The van der Waals surface area contributed by atoms with Gasteiger partial charge in [0.05, 0.1) is 20.9 Å². The summed E-state index contributed by atoms with van der Waals surface area (Å²) in [6.07, 6.45) is 0.808. The van der Waals surface area contributed by atoms with Gasteiger partial charge in [0.1, 0.15) is 23.0 Å². The van der Waals surface area contributed by atoms with Crippen LogP contribution < -0.4 is 14.8 Å². The van der Waals surface area contributed by atoms with Crippen LogP contribution >= 0.6 is 0 Å². The average Bonchev–Trinajstić information content (AvgIpc) is 3.13. The van der Waals surface area contributed by atoms with E-state index in [-0.39, 0.29) is 38.4 Å². The Balaban J connectivity index is 1.30. The number of ether oxygens (including phenoxy) is 2. The molecule has 0 bridgehead atoms. The summed E-state index contributed by atoms with van der Waals surface area (Å²) in [7, 11) is -4.07. The largest absolute Gasteiger partial charge is 0.457 e. The molecule has 13 heteroatoms. The predicted octanol–water partition coefficient (Wildman–Crippen LogP) is 10.4. The van der Waals surface area contributed by atoms with Crippen LogP contribution in [0, 0.1) is 0 Å². The van der Waals surface area contributed by atoms with Crippen LogP contribution in [-0.2, 0) is 35.0 Å². The molecule has 4 aromatic carbocycles. The van der Waals surface area contributed by atoms with Gasteiger partial charge in [-0.1, -0.05) is 45.2 Å². The summed E-state index contributed by atoms with van der Waals surface area (Å²) in [6, 6.07) is 19.1. The van der Waals surface area contributed by atoms with Crippen LogP contribution in [0.15, 0.2) is 94.7 Å². The maximum absolute atomic E-state index is 14.7. The summed E-state index contributed by atoms with van der Waals surface area (Å²) in [6.45, 7) is 11.0. The minimum absolute atomic E-state index is 0.0124. The fraction of sp³-hybridized carbons (Fsp3) is 0.429. The first kappa shape index (κ1) is 42.1. The minimum atomic E-state index is -4.66. The van der Waals surface area contributed by atoms with Crippen molar-refractivity contribution in [1.29, 1.82) is 0 Å². The number of piperazine rings is 1. The highest BCUT2D eigenvalue weighted by molar-refractivity contribution is 7.91. The summed E-state index contributed by atoms with van der Waals surface area (Å²) in [5, 5.41) is 3.24. The molecule has 1 saturated heterocycles. The Bertz CT molecular complexity index is 1940. The zero-order valence-corrected chi connectivity index (χ0v) is 32.4. The fourth-order valence-electron chi connectivity index (χ4n) is 6.59. The molecule has 4 aromatic rings. The van der Waals surface area contributed by atoms with Gasteiger partial charge in [0.25, 0.3) is 5.92 Å². The van der Waals surface area contributed by atoms with Crippen LogP contribution in [0.3, 0.4) is 0 Å². The summed E-state index contributed by atoms with van der Waals surface area (Å²) < 4.78 is 110. The van der Waals surface area contributed by atoms with Crippen molar-refractivity contribution in [1.82, 2.24) is 15.1 Å². The maximum atomic E-state index is 14.7. The highest BCUT2D eigenvalue weighted by Gasteiger charge is 2.35. The molecule has 0 radical (unpaired) electrons. The molecule has 1 aliphatic heterocycles. The van der Waals surface area contributed by atoms with Crippen LogP contribution in [0.2, 0.25) is 0 Å². The molecule has 0 atom stereocenters. The van der Waals surface area contributed by atoms with E-state index < -0.39 is 27.5 Å². The number of sulfone groups is 1. The number of hydrogen-bond donors (Lipinski definition) is 1. The van der Waals surface area contributed by atoms with E-state index in [1.54, 1.807) is 12.1 Å². The molecular formula is C42H50F5N3O4S. The van der Waals surface area contributed by atoms with E-state index in [4.69, 9.17) is 9.47 Å². The quantitative estimate of drug-likeness (QED) is 0.0795. The second kappa shape index (κ2) is 18.7. The zero-order valence-electron chi connectivity index (χ0n) is 31.6. The molecule has 0 spiro atoms. The van der Waals surface area contributed by atoms with Gasteiger partial charge < -0.3 is 14.8 Å². The van der Waals surface area contributed by atoms with E-state index in [1.807, 2.05) is 0 Å². The van der Waals surface area contributed by atoms with Crippen molar-refractivity contribution >= 4 is 9.84 Å². The van der Waals surface area contributed by atoms with Crippen LogP contribution in [-0.4, -0.2) is 57.5 Å². The Kier molecular flexibility index (Phi) is 14.3. The summed E-state index contributed by atoms with van der Waals surface area (Å²) in [4.78, 5) is 4.26. The van der Waals surface area contributed by atoms with E-state index in [9.17, 15) is 30.4 Å². The highest BCUT2D eigenvalue weighted by Crippen LogP contribution is 2.40. The van der Waals surface area contributed by atoms with Crippen LogP contribution in [0.5, 0.6) is 23.0 Å². The van der Waals surface area contributed by atoms with Gasteiger partial charge in [-0.25, -0.2) is 17.2 Å². The van der Waals surface area contributed by atoms with Crippen molar-refractivity contribution in [3.8, 4) is 23.0 Å². The van der Waals surface area contributed by atoms with E-state index in [1.165, 1.54) is 73.2 Å². The maximum Gasteiger partial charge on any atom is 0.419 e. The third-order valence-electron chi connectivity index (χ3n) is 9.48. The number of alkyl halides is 5. The van der Waals surface area contributed by atoms with Crippen LogP contribution in [0.25, 0.3) is 0 Å². The SMILES string of the molecule is CCCCCCN(CCC)Cc1ccc(C(C)(F)F)c(Oc2ccc(S(=O)(=O)c3ccc(Oc4cc(CN5CCNCC5)ccc4C(F)(F)F)cc3)cc2)c1. The van der Waals surface area contributed by atoms with Crippen molar-refractivity contribution in [2.45, 2.75) is 87.9 Å². The summed E-state index contributed by atoms with van der Waals surface area (Å²) in [5.74, 6) is -3.36. The minimum Gasteiger partial charge on any atom is -0.457 e. The van der Waals surface area contributed by atoms with Gasteiger partial charge in [-0.05, 0) is 110 Å². The topological polar surface area (TPSA) is 71.1 Å². The van der Waals surface area contributed by atoms with Crippen molar-refractivity contribution in [2.24, 2.45) is 0 Å². The molecule has 5 rings (SSSR count). The molecule has 0 saturated carbocycles. The number of benzene rings is 4. The van der Waals surface area contributed by atoms with Crippen molar-refractivity contribution in [3.63, 3.8) is 0 Å². The highest BCUT2D eigenvalue weighted by atomic mass is 32.2. The van der Waals surface area contributed by atoms with Crippen molar-refractivity contribution in [3.05, 3.63) is 107 Å². The standard InChI is InChI=1S/C42H50F5N3O4S/c1-4-6-7-8-24-49(23-5-2)29-31-9-19-37(41(3,43)44)39(27-31)53-33-11-15-35(16-12-33)55(51,52)36-17-13-34(14-18-36)54-40-28-32(10-20-38(40)42(45,46)47)30-50-25-21-48-22-26-50/h9-20,27-28,48H,4-8,21-26,29-30H2,1-3H3. The van der Waals surface area contributed by atoms with E-state index in [2.05, 4.69) is 29.0 Å². The Morgan fingerprint density at radius 2 is 1.24 bits per heavy atom. The average molecular weight is 788 g/mol. The lowest BCUT2D eigenvalue weighted by Crippen LogP contribution is -2.42. The van der Waals surface area contributed by atoms with Gasteiger partial charge in [-0.15, -0.1) is 0 Å². The van der Waals surface area contributed by atoms with Crippen LogP contribution in [0.1, 0.15) is 75.1 Å². The first-order chi connectivity index (χ1) is 26.2. The first-order valence-corrected chi connectivity index (χ1v) is 20.3. The second-order valence-electron chi connectivity index (χ2n) is 14.1. The predicted molar refractivity (Wildman–Crippen MR) is 204 cm³/mol. The number of hydrogen-bond acceptors (Lipinski definition) is 7. The Morgan fingerprint density at radius 3 is 1.78 bits per heavy atom. The first-order valence-electron chi connectivity index (χ1n) is 18.8. The number of nitrogens with zero attached hydrogens (tertiary/aromatic N) is 2. The lowest BCUT2D eigenvalue weighted by atomic mass is 10.0. The molecule has 0 unspecified atom stereocenters. The van der Waals surface area contributed by atoms with Crippen LogP contribution in [0.4, 0.5) is 22.0 Å². The summed E-state index contributed by atoms with van der Waals surface area (Å²) in [5.41, 5.74) is 0.272. The second-order valence-corrected chi connectivity index (χ2v) is 16.0. The molecule has 1 N–H and O–H groups in total. The smallest absolute Gasteiger partial charge is 0.419 e. The molecule has 1 heterocycles. The zero-order chi connectivity index (χ0) is 39.6. The third-order valence-corrected chi connectivity index (χ3v) is 11.3. The Labute approximate surface area is 321 Å². The molecule has 7 nitrogen and oxygen atoms in total. The van der Waals surface area contributed by atoms with Gasteiger partial charge in [-0.2, -0.15) is 13.2 Å². The van der Waals surface area contributed by atoms with Gasteiger partial charge >= 0.3 is 6.18 Å². The van der Waals surface area contributed by atoms with Gasteiger partial charge in [0.15, 0.2) is 0 Å². The molecule has 1 aliphatic rings. The Hall–Kier alpha value is -4.04. The van der Waals surface area contributed by atoms with Gasteiger partial charge in [0, 0.05) is 46.2 Å². The van der Waals surface area contributed by atoms with E-state index >= 15 is 0 Å². The number of halogens is 5. The number of unbranched alkanes of at least 4 members (excludes halogenated alkanes) is 3. The van der Waals surface area contributed by atoms with E-state index in [0.717, 1.165) is 83.5 Å². The number of rotatable bonds is 18. The Morgan fingerprint density at radius 1 is 0.691 bits per heavy atom. The molecule has 298 valence electrons. The van der Waals surface area contributed by atoms with Gasteiger partial charge in [-0.3, -0.25) is 9.80 Å². The normalized spacial score (nSPS) is 14.3. The van der Waals surface area contributed by atoms with Crippen molar-refractivity contribution in [2.75, 3.05) is 39.3 Å². The van der Waals surface area contributed by atoms with Gasteiger partial charge in [0.2, 0.25) is 9.84 Å². The molecule has 0 aromatic heterocycles. The fourth-order valence-corrected chi connectivity index (χ4v) is 7.85. The third kappa shape index (κ3) is 11.7. The molecule has 1 fully saturated rings. The summed E-state index contributed by atoms with van der Waals surface area (Å²) >= 11 is 0. The molecule has 55 heavy (non-hydrogen) atoms. The monoisotopic (exact) mass is 787 g/mol. The van der Waals surface area contributed by atoms with Crippen molar-refractivity contribution < 1.29 is 39.8 Å². The number of nitrogens with one attached hydrogen (secondary N) is 1.